The van der Waals surface area contributed by atoms with Crippen LogP contribution >= 0.6 is 0 Å². The van der Waals surface area contributed by atoms with Gasteiger partial charge in [-0.1, -0.05) is 24.3 Å². The molecule has 31 heavy (non-hydrogen) atoms. The van der Waals surface area contributed by atoms with Crippen LogP contribution in [0.25, 0.3) is 11.0 Å². The third-order valence-corrected chi connectivity index (χ3v) is 5.80. The Morgan fingerprint density at radius 1 is 1.16 bits per heavy atom. The maximum Gasteiger partial charge on any atom is 0.282 e. The summed E-state index contributed by atoms with van der Waals surface area (Å²) in [6.07, 6.45) is 2.27. The zero-order valence-corrected chi connectivity index (χ0v) is 17.2. The fourth-order valence-electron chi connectivity index (χ4n) is 4.17. The summed E-state index contributed by atoms with van der Waals surface area (Å²) in [6, 6.07) is 14.4. The lowest BCUT2D eigenvalue weighted by molar-refractivity contribution is 0.0682. The van der Waals surface area contributed by atoms with Crippen LogP contribution in [-0.2, 0) is 13.5 Å². The number of nitrogens with one attached hydrogen (secondary N) is 1. The zero-order valence-electron chi connectivity index (χ0n) is 17.2. The third-order valence-electron chi connectivity index (χ3n) is 5.80. The molecule has 2 aromatic carbocycles. The number of amides is 1. The predicted molar refractivity (Wildman–Crippen MR) is 115 cm³/mol. The molecule has 1 N–H and O–H groups in total. The number of ether oxygens (including phenoxy) is 1. The minimum atomic E-state index is -0.425. The Bertz CT molecular complexity index is 1340. The van der Waals surface area contributed by atoms with E-state index in [4.69, 9.17) is 4.74 Å². The molecule has 0 bridgehead atoms. The van der Waals surface area contributed by atoms with Gasteiger partial charge in [0.1, 0.15) is 11.8 Å². The molecule has 0 saturated heterocycles. The maximum atomic E-state index is 13.6. The summed E-state index contributed by atoms with van der Waals surface area (Å²) in [6.45, 7) is 0.447. The molecule has 0 unspecified atom stereocenters. The molecule has 1 aliphatic heterocycles. The molecule has 156 valence electrons. The van der Waals surface area contributed by atoms with Crippen LogP contribution in [0.1, 0.15) is 33.5 Å². The average Bonchev–Trinajstić information content (AvgIpc) is 3.29. The number of para-hydroxylation sites is 2. The summed E-state index contributed by atoms with van der Waals surface area (Å²) in [5.41, 5.74) is 3.45. The number of aryl methyl sites for hydroxylation is 1. The number of H-pyrrole nitrogens is 1. The number of carbonyl (C=O) groups excluding carboxylic acids is 1. The smallest absolute Gasteiger partial charge is 0.282 e. The number of carbonyl (C=O) groups is 1. The van der Waals surface area contributed by atoms with Crippen LogP contribution in [0.4, 0.5) is 0 Å². The van der Waals surface area contributed by atoms with Crippen molar-refractivity contribution in [1.82, 2.24) is 24.4 Å². The highest BCUT2D eigenvalue weighted by Crippen LogP contribution is 2.34. The number of aromatic nitrogens is 4. The van der Waals surface area contributed by atoms with Gasteiger partial charge in [-0.15, -0.1) is 0 Å². The summed E-state index contributed by atoms with van der Waals surface area (Å²) < 4.78 is 6.74. The molecule has 2 aromatic heterocycles. The average molecular weight is 415 g/mol. The van der Waals surface area contributed by atoms with Gasteiger partial charge in [0.25, 0.3) is 11.5 Å². The van der Waals surface area contributed by atoms with Crippen LogP contribution in [0.5, 0.6) is 5.75 Å². The lowest BCUT2D eigenvalue weighted by atomic mass is 9.95. The number of hydrogen-bond donors (Lipinski definition) is 1. The zero-order chi connectivity index (χ0) is 21.5. The second-order valence-corrected chi connectivity index (χ2v) is 7.50. The van der Waals surface area contributed by atoms with Crippen molar-refractivity contribution in [3.05, 3.63) is 87.9 Å². The summed E-state index contributed by atoms with van der Waals surface area (Å²) in [4.78, 5) is 40.4. The Morgan fingerprint density at radius 3 is 2.71 bits per heavy atom. The van der Waals surface area contributed by atoms with Gasteiger partial charge in [0.15, 0.2) is 5.69 Å². The molecule has 0 saturated carbocycles. The SMILES string of the molecule is COc1ccc([C@H]2c3nc[nH]c3CCN2C(=O)c2nc3ccccc3n(C)c2=O)cc1. The van der Waals surface area contributed by atoms with Crippen LogP contribution in [0.3, 0.4) is 0 Å². The second-order valence-electron chi connectivity index (χ2n) is 7.50. The van der Waals surface area contributed by atoms with Gasteiger partial charge in [-0.2, -0.15) is 0 Å². The number of benzene rings is 2. The third kappa shape index (κ3) is 3.07. The Kier molecular flexibility index (Phi) is 4.54. The lowest BCUT2D eigenvalue weighted by Crippen LogP contribution is -2.43. The van der Waals surface area contributed by atoms with Crippen molar-refractivity contribution in [2.45, 2.75) is 12.5 Å². The van der Waals surface area contributed by atoms with Gasteiger partial charge in [-0.3, -0.25) is 9.59 Å². The van der Waals surface area contributed by atoms with Gasteiger partial charge in [0.2, 0.25) is 0 Å². The second kappa shape index (κ2) is 7.39. The first-order valence-electron chi connectivity index (χ1n) is 10.0. The molecule has 8 heteroatoms. The Hall–Kier alpha value is -3.94. The highest BCUT2D eigenvalue weighted by Gasteiger charge is 2.36. The van der Waals surface area contributed by atoms with E-state index in [9.17, 15) is 9.59 Å². The van der Waals surface area contributed by atoms with Crippen molar-refractivity contribution in [1.29, 1.82) is 0 Å². The first-order chi connectivity index (χ1) is 15.1. The molecule has 3 heterocycles. The van der Waals surface area contributed by atoms with E-state index in [1.165, 1.54) is 4.57 Å². The molecule has 1 aliphatic rings. The minimum Gasteiger partial charge on any atom is -0.497 e. The summed E-state index contributed by atoms with van der Waals surface area (Å²) in [7, 11) is 3.27. The van der Waals surface area contributed by atoms with Crippen LogP contribution in [0, 0.1) is 0 Å². The first-order valence-corrected chi connectivity index (χ1v) is 10.0. The van der Waals surface area contributed by atoms with E-state index in [2.05, 4.69) is 15.0 Å². The molecule has 0 radical (unpaired) electrons. The molecular formula is C23H21N5O3. The fourth-order valence-corrected chi connectivity index (χ4v) is 4.17. The number of nitrogens with zero attached hydrogens (tertiary/aromatic N) is 4. The summed E-state index contributed by atoms with van der Waals surface area (Å²) in [5, 5.41) is 0. The van der Waals surface area contributed by atoms with Gasteiger partial charge >= 0.3 is 0 Å². The first kappa shape index (κ1) is 19.0. The Balaban J connectivity index is 1.63. The van der Waals surface area contributed by atoms with Gasteiger partial charge < -0.3 is 19.2 Å². The van der Waals surface area contributed by atoms with Crippen LogP contribution in [-0.4, -0.2) is 44.0 Å². The fraction of sp³-hybridized carbons (Fsp3) is 0.217. The number of aromatic amines is 1. The Labute approximate surface area is 178 Å². The van der Waals surface area contributed by atoms with Crippen molar-refractivity contribution in [2.24, 2.45) is 7.05 Å². The number of fused-ring (bicyclic) bond motifs is 2. The highest BCUT2D eigenvalue weighted by atomic mass is 16.5. The van der Waals surface area contributed by atoms with Gasteiger partial charge in [-0.25, -0.2) is 9.97 Å². The van der Waals surface area contributed by atoms with Crippen LogP contribution in [0.15, 0.2) is 59.7 Å². The highest BCUT2D eigenvalue weighted by molar-refractivity contribution is 5.94. The molecular weight excluding hydrogens is 394 g/mol. The normalized spacial score (nSPS) is 15.7. The van der Waals surface area contributed by atoms with Crippen molar-refractivity contribution in [3.8, 4) is 5.75 Å². The quantitative estimate of drug-likeness (QED) is 0.555. The number of methoxy groups -OCH3 is 1. The molecule has 1 amide bonds. The number of rotatable bonds is 3. The molecule has 4 aromatic rings. The molecule has 0 aliphatic carbocycles. The van der Waals surface area contributed by atoms with E-state index < -0.39 is 17.5 Å². The Morgan fingerprint density at radius 2 is 1.94 bits per heavy atom. The number of imidazole rings is 1. The minimum absolute atomic E-state index is 0.0845. The molecule has 0 fully saturated rings. The lowest BCUT2D eigenvalue weighted by Gasteiger charge is -2.35. The van der Waals surface area contributed by atoms with E-state index in [0.29, 0.717) is 24.0 Å². The van der Waals surface area contributed by atoms with E-state index in [1.807, 2.05) is 42.5 Å². The van der Waals surface area contributed by atoms with E-state index in [1.54, 1.807) is 31.5 Å². The largest absolute Gasteiger partial charge is 0.497 e. The van der Waals surface area contributed by atoms with E-state index in [-0.39, 0.29) is 5.69 Å². The standard InChI is InChI=1S/C23H21N5O3/c1-27-18-6-4-3-5-16(18)26-20(22(27)29)23(30)28-12-11-17-19(25-13-24-17)21(28)14-7-9-15(31-2)10-8-14/h3-10,13,21H,11-12H2,1-2H3,(H,24,25)/t21-/m0/s1. The van der Waals surface area contributed by atoms with Crippen molar-refractivity contribution < 1.29 is 9.53 Å². The van der Waals surface area contributed by atoms with E-state index in [0.717, 1.165) is 22.7 Å². The predicted octanol–water partition coefficient (Wildman–Crippen LogP) is 2.45. The molecule has 5 rings (SSSR count). The van der Waals surface area contributed by atoms with Gasteiger partial charge in [0.05, 0.1) is 30.2 Å². The summed E-state index contributed by atoms with van der Waals surface area (Å²) >= 11 is 0. The van der Waals surface area contributed by atoms with Gasteiger partial charge in [0, 0.05) is 25.7 Å². The van der Waals surface area contributed by atoms with Gasteiger partial charge in [-0.05, 0) is 29.8 Å². The van der Waals surface area contributed by atoms with Crippen molar-refractivity contribution in [3.63, 3.8) is 0 Å². The van der Waals surface area contributed by atoms with Crippen LogP contribution < -0.4 is 10.3 Å². The molecule has 8 nitrogen and oxygen atoms in total. The monoisotopic (exact) mass is 415 g/mol. The van der Waals surface area contributed by atoms with Crippen molar-refractivity contribution >= 4 is 16.9 Å². The number of hydrogen-bond acceptors (Lipinski definition) is 5. The molecule has 0 spiro atoms. The topological polar surface area (TPSA) is 93.1 Å². The molecule has 1 atom stereocenters. The van der Waals surface area contributed by atoms with E-state index >= 15 is 0 Å². The summed E-state index contributed by atoms with van der Waals surface area (Å²) in [5.74, 6) is 0.325. The van der Waals surface area contributed by atoms with Crippen LogP contribution in [0.2, 0.25) is 0 Å². The van der Waals surface area contributed by atoms with Crippen molar-refractivity contribution in [2.75, 3.05) is 13.7 Å². The maximum absolute atomic E-state index is 13.6.